The van der Waals surface area contributed by atoms with Gasteiger partial charge in [0, 0.05) is 12.8 Å². The number of esters is 1. The molecule has 5 heteroatoms. The number of carbonyl (C=O) groups excluding carboxylic acids is 2. The van der Waals surface area contributed by atoms with Gasteiger partial charge in [-0.15, -0.1) is 0 Å². The molecule has 0 saturated heterocycles. The summed E-state index contributed by atoms with van der Waals surface area (Å²) in [4.78, 5) is 28.5. The Morgan fingerprint density at radius 1 is 0.769 bits per heavy atom. The van der Waals surface area contributed by atoms with Crippen LogP contribution in [0.15, 0.2) is 60.7 Å². The van der Waals surface area contributed by atoms with E-state index in [0.717, 1.165) is 31.2 Å². The van der Waals surface area contributed by atoms with Gasteiger partial charge in [-0.05, 0) is 30.5 Å². The minimum absolute atomic E-state index is 0.121. The second-order valence-corrected chi connectivity index (χ2v) is 6.00. The molecule has 1 N–H and O–H groups in total. The van der Waals surface area contributed by atoms with Crippen molar-refractivity contribution in [1.82, 2.24) is 5.48 Å². The lowest BCUT2D eigenvalue weighted by molar-refractivity contribution is -0.135. The Labute approximate surface area is 154 Å². The van der Waals surface area contributed by atoms with Crippen molar-refractivity contribution in [3.8, 4) is 5.75 Å². The van der Waals surface area contributed by atoms with E-state index in [1.165, 1.54) is 0 Å². The number of nitrogens with one attached hydrogen (secondary N) is 1. The Morgan fingerprint density at radius 3 is 2.08 bits per heavy atom. The van der Waals surface area contributed by atoms with Crippen molar-refractivity contribution in [2.45, 2.75) is 45.1 Å². The first kappa shape index (κ1) is 19.7. The quantitative estimate of drug-likeness (QED) is 0.284. The van der Waals surface area contributed by atoms with E-state index in [-0.39, 0.29) is 11.9 Å². The van der Waals surface area contributed by atoms with Gasteiger partial charge in [-0.25, -0.2) is 5.48 Å². The first-order valence-electron chi connectivity index (χ1n) is 8.94. The fourth-order valence-corrected chi connectivity index (χ4v) is 2.40. The summed E-state index contributed by atoms with van der Waals surface area (Å²) in [7, 11) is 0. The van der Waals surface area contributed by atoms with Crippen LogP contribution in [0.1, 0.15) is 44.1 Å². The lowest BCUT2D eigenvalue weighted by Gasteiger charge is -2.06. The average Bonchev–Trinajstić information content (AvgIpc) is 2.66. The molecule has 138 valence electrons. The minimum atomic E-state index is -0.219. The van der Waals surface area contributed by atoms with Gasteiger partial charge < -0.3 is 4.74 Å². The molecular weight excluding hydrogens is 330 g/mol. The van der Waals surface area contributed by atoms with Gasteiger partial charge in [0.2, 0.25) is 5.91 Å². The van der Waals surface area contributed by atoms with Crippen LogP contribution in [0.3, 0.4) is 0 Å². The molecule has 0 bridgehead atoms. The first-order valence-corrected chi connectivity index (χ1v) is 8.94. The Balaban J connectivity index is 1.44. The van der Waals surface area contributed by atoms with E-state index in [1.807, 2.05) is 48.5 Å². The lowest BCUT2D eigenvalue weighted by atomic mass is 10.1. The molecule has 0 heterocycles. The molecule has 0 aromatic heterocycles. The SMILES string of the molecule is O=C(CCCCCCC(=O)Oc1ccccc1)NOCc1ccccc1. The molecule has 0 saturated carbocycles. The molecule has 2 rings (SSSR count). The number of unbranched alkanes of at least 4 members (excludes halogenated alkanes) is 3. The predicted molar refractivity (Wildman–Crippen MR) is 99.2 cm³/mol. The van der Waals surface area contributed by atoms with E-state index >= 15 is 0 Å². The third-order valence-electron chi connectivity index (χ3n) is 3.78. The highest BCUT2D eigenvalue weighted by Gasteiger charge is 2.05. The molecule has 26 heavy (non-hydrogen) atoms. The molecule has 2 aromatic carbocycles. The highest BCUT2D eigenvalue weighted by molar-refractivity contribution is 5.74. The summed E-state index contributed by atoms with van der Waals surface area (Å²) >= 11 is 0. The number of para-hydroxylation sites is 1. The zero-order valence-electron chi connectivity index (χ0n) is 14.9. The molecule has 0 aliphatic rings. The van der Waals surface area contributed by atoms with E-state index in [9.17, 15) is 9.59 Å². The van der Waals surface area contributed by atoms with Crippen molar-refractivity contribution in [2.24, 2.45) is 0 Å². The van der Waals surface area contributed by atoms with Crippen molar-refractivity contribution >= 4 is 11.9 Å². The topological polar surface area (TPSA) is 64.6 Å². The molecule has 0 aliphatic carbocycles. The van der Waals surface area contributed by atoms with Crippen LogP contribution in [-0.2, 0) is 21.0 Å². The molecule has 1 amide bonds. The van der Waals surface area contributed by atoms with Gasteiger partial charge in [0.25, 0.3) is 0 Å². The predicted octanol–water partition coefficient (Wildman–Crippen LogP) is 4.18. The summed E-state index contributed by atoms with van der Waals surface area (Å²) in [6, 6.07) is 18.7. The van der Waals surface area contributed by atoms with Crippen LogP contribution in [0.4, 0.5) is 0 Å². The number of ether oxygens (including phenoxy) is 1. The van der Waals surface area contributed by atoms with E-state index < -0.39 is 0 Å². The van der Waals surface area contributed by atoms with Crippen LogP contribution in [0.25, 0.3) is 0 Å². The largest absolute Gasteiger partial charge is 0.427 e. The minimum Gasteiger partial charge on any atom is -0.427 e. The molecule has 0 spiro atoms. The smallest absolute Gasteiger partial charge is 0.311 e. The highest BCUT2D eigenvalue weighted by Crippen LogP contribution is 2.11. The van der Waals surface area contributed by atoms with Gasteiger partial charge in [-0.1, -0.05) is 61.4 Å². The van der Waals surface area contributed by atoms with Crippen molar-refractivity contribution < 1.29 is 19.2 Å². The van der Waals surface area contributed by atoms with Gasteiger partial charge in [0.15, 0.2) is 0 Å². The summed E-state index contributed by atoms with van der Waals surface area (Å²) in [5.41, 5.74) is 3.46. The second-order valence-electron chi connectivity index (χ2n) is 6.00. The second kappa shape index (κ2) is 11.8. The van der Waals surface area contributed by atoms with Crippen LogP contribution in [-0.4, -0.2) is 11.9 Å². The zero-order valence-corrected chi connectivity index (χ0v) is 14.9. The molecule has 0 aliphatic heterocycles. The highest BCUT2D eigenvalue weighted by atomic mass is 16.6. The van der Waals surface area contributed by atoms with Gasteiger partial charge >= 0.3 is 5.97 Å². The molecule has 5 nitrogen and oxygen atoms in total. The molecule has 2 aromatic rings. The Bertz CT molecular complexity index is 658. The number of carbonyl (C=O) groups is 2. The third kappa shape index (κ3) is 8.44. The maximum Gasteiger partial charge on any atom is 0.311 e. The van der Waals surface area contributed by atoms with Crippen molar-refractivity contribution in [1.29, 1.82) is 0 Å². The molecule has 0 fully saturated rings. The van der Waals surface area contributed by atoms with Crippen LogP contribution >= 0.6 is 0 Å². The fourth-order valence-electron chi connectivity index (χ4n) is 2.40. The van der Waals surface area contributed by atoms with E-state index in [4.69, 9.17) is 9.57 Å². The lowest BCUT2D eigenvalue weighted by Crippen LogP contribution is -2.23. The van der Waals surface area contributed by atoms with Gasteiger partial charge in [0.05, 0.1) is 6.61 Å². The van der Waals surface area contributed by atoms with Crippen LogP contribution in [0.2, 0.25) is 0 Å². The molecule has 0 atom stereocenters. The number of hydroxylamine groups is 1. The normalized spacial score (nSPS) is 10.3. The first-order chi connectivity index (χ1) is 12.7. The maximum atomic E-state index is 11.7. The standard InChI is InChI=1S/C21H25NO4/c23-20(22-25-17-18-11-5-3-6-12-18)15-9-1-2-10-16-21(24)26-19-13-7-4-8-14-19/h3-8,11-14H,1-2,9-10,15-17H2,(H,22,23). The van der Waals surface area contributed by atoms with E-state index in [0.29, 0.717) is 25.2 Å². The van der Waals surface area contributed by atoms with Crippen LogP contribution in [0.5, 0.6) is 5.75 Å². The zero-order chi connectivity index (χ0) is 18.5. The molecule has 0 unspecified atom stereocenters. The Kier molecular flexibility index (Phi) is 8.94. The third-order valence-corrected chi connectivity index (χ3v) is 3.78. The number of hydrogen-bond donors (Lipinski definition) is 1. The summed E-state index contributed by atoms with van der Waals surface area (Å²) in [5.74, 6) is 0.234. The average molecular weight is 355 g/mol. The number of rotatable bonds is 11. The fraction of sp³-hybridized carbons (Fsp3) is 0.333. The van der Waals surface area contributed by atoms with E-state index in [1.54, 1.807) is 12.1 Å². The van der Waals surface area contributed by atoms with Gasteiger partial charge in [-0.3, -0.25) is 14.4 Å². The van der Waals surface area contributed by atoms with Crippen LogP contribution in [0, 0.1) is 0 Å². The Morgan fingerprint density at radius 2 is 1.38 bits per heavy atom. The molecule has 0 radical (unpaired) electrons. The summed E-state index contributed by atoms with van der Waals surface area (Å²) < 4.78 is 5.22. The summed E-state index contributed by atoms with van der Waals surface area (Å²) in [6.07, 6.45) is 4.13. The molecular formula is C21H25NO4. The Hall–Kier alpha value is -2.66. The van der Waals surface area contributed by atoms with Crippen molar-refractivity contribution in [3.05, 3.63) is 66.2 Å². The number of benzene rings is 2. The monoisotopic (exact) mass is 355 g/mol. The van der Waals surface area contributed by atoms with Gasteiger partial charge in [-0.2, -0.15) is 0 Å². The number of hydrogen-bond acceptors (Lipinski definition) is 4. The maximum absolute atomic E-state index is 11.7. The van der Waals surface area contributed by atoms with Crippen molar-refractivity contribution in [3.63, 3.8) is 0 Å². The number of amides is 1. The summed E-state index contributed by atoms with van der Waals surface area (Å²) in [5, 5.41) is 0. The van der Waals surface area contributed by atoms with Crippen molar-refractivity contribution in [2.75, 3.05) is 0 Å². The van der Waals surface area contributed by atoms with E-state index in [2.05, 4.69) is 5.48 Å². The summed E-state index contributed by atoms with van der Waals surface area (Å²) in [6.45, 7) is 0.357. The van der Waals surface area contributed by atoms with Crippen LogP contribution < -0.4 is 10.2 Å². The van der Waals surface area contributed by atoms with Gasteiger partial charge in [0.1, 0.15) is 5.75 Å².